The third-order valence-electron chi connectivity index (χ3n) is 1.38. The first-order valence-corrected chi connectivity index (χ1v) is 5.93. The van der Waals surface area contributed by atoms with Gasteiger partial charge in [-0.2, -0.15) is 0 Å². The molecule has 0 aromatic heterocycles. The first-order valence-electron chi connectivity index (χ1n) is 4.39. The molecule has 0 aliphatic carbocycles. The van der Waals surface area contributed by atoms with Crippen molar-refractivity contribution in [2.24, 2.45) is 5.16 Å². The normalized spacial score (nSPS) is 12.6. The summed E-state index contributed by atoms with van der Waals surface area (Å²) in [5, 5.41) is 13.4. The van der Waals surface area contributed by atoms with Crippen molar-refractivity contribution in [3.05, 3.63) is 0 Å². The van der Waals surface area contributed by atoms with Gasteiger partial charge in [0, 0.05) is 7.05 Å². The zero-order chi connectivity index (χ0) is 11.9. The van der Waals surface area contributed by atoms with Crippen LogP contribution >= 0.6 is 7.60 Å². The minimum absolute atomic E-state index is 0.0767. The summed E-state index contributed by atoms with van der Waals surface area (Å²) in [6.07, 6.45) is 0. The molecule has 0 saturated carbocycles. The van der Waals surface area contributed by atoms with E-state index in [-0.39, 0.29) is 13.2 Å². The minimum Gasteiger partial charge on any atom is -0.410 e. The molecule has 0 heterocycles. The Morgan fingerprint density at radius 1 is 1.40 bits per heavy atom. The second-order valence-electron chi connectivity index (χ2n) is 2.34. The van der Waals surface area contributed by atoms with Gasteiger partial charge in [-0.25, -0.2) is 0 Å². The molecule has 0 spiro atoms. The van der Waals surface area contributed by atoms with Crippen LogP contribution in [-0.4, -0.2) is 36.8 Å². The summed E-state index contributed by atoms with van der Waals surface area (Å²) >= 11 is 0. The van der Waals surface area contributed by atoms with Gasteiger partial charge >= 0.3 is 7.60 Å². The molecule has 0 aromatic rings. The van der Waals surface area contributed by atoms with Crippen molar-refractivity contribution in [1.82, 2.24) is 5.32 Å². The van der Waals surface area contributed by atoms with E-state index < -0.39 is 19.0 Å². The Morgan fingerprint density at radius 2 is 1.87 bits per heavy atom. The van der Waals surface area contributed by atoms with E-state index >= 15 is 0 Å². The van der Waals surface area contributed by atoms with Crippen LogP contribution in [0.25, 0.3) is 0 Å². The maximum atomic E-state index is 11.9. The topological polar surface area (TPSA) is 97.2 Å². The van der Waals surface area contributed by atoms with Crippen molar-refractivity contribution in [2.75, 3.05) is 20.3 Å². The highest BCUT2D eigenvalue weighted by Crippen LogP contribution is 2.49. The second-order valence-corrected chi connectivity index (χ2v) is 4.27. The van der Waals surface area contributed by atoms with Gasteiger partial charge in [-0.15, -0.1) is 0 Å². The molecule has 15 heavy (non-hydrogen) atoms. The molecule has 0 rings (SSSR count). The number of hydrogen-bond acceptors (Lipinski definition) is 6. The number of carbonyl (C=O) groups is 1. The molecule has 0 aliphatic heterocycles. The van der Waals surface area contributed by atoms with E-state index in [1.165, 1.54) is 7.05 Å². The summed E-state index contributed by atoms with van der Waals surface area (Å²) in [5.41, 5.74) is -0.645. The lowest BCUT2D eigenvalue weighted by atomic mass is 10.7. The van der Waals surface area contributed by atoms with E-state index in [4.69, 9.17) is 14.3 Å². The number of nitrogens with zero attached hydrogens (tertiary/aromatic N) is 1. The SMILES string of the molecule is CCOP(=O)(OCC)/C(=N/O)C(=O)NC. The van der Waals surface area contributed by atoms with Crippen LogP contribution in [0.3, 0.4) is 0 Å². The van der Waals surface area contributed by atoms with Crippen molar-refractivity contribution in [1.29, 1.82) is 0 Å². The Morgan fingerprint density at radius 3 is 2.13 bits per heavy atom. The maximum absolute atomic E-state index is 11.9. The lowest BCUT2D eigenvalue weighted by molar-refractivity contribution is -0.114. The van der Waals surface area contributed by atoms with Crippen LogP contribution in [0.4, 0.5) is 0 Å². The summed E-state index contributed by atoms with van der Waals surface area (Å²) in [5.74, 6) is -0.803. The van der Waals surface area contributed by atoms with Crippen LogP contribution < -0.4 is 5.32 Å². The molecule has 0 aromatic carbocycles. The van der Waals surface area contributed by atoms with Gasteiger partial charge < -0.3 is 19.6 Å². The average Bonchev–Trinajstić information content (AvgIpc) is 2.19. The van der Waals surface area contributed by atoms with Gasteiger partial charge in [0.25, 0.3) is 11.4 Å². The predicted octanol–water partition coefficient (Wildman–Crippen LogP) is 0.786. The fourth-order valence-corrected chi connectivity index (χ4v) is 2.30. The molecule has 0 radical (unpaired) electrons. The Kier molecular flexibility index (Phi) is 6.15. The third kappa shape index (κ3) is 3.62. The largest absolute Gasteiger partial charge is 0.410 e. The van der Waals surface area contributed by atoms with Crippen LogP contribution in [0, 0.1) is 0 Å². The standard InChI is InChI=1S/C7H15N2O5P/c1-4-13-15(12,14-5-2)7(9-11)6(10)8-3/h11H,4-5H2,1-3H3,(H,8,10)/b9-7+. The second kappa shape index (κ2) is 6.55. The molecule has 0 unspecified atom stereocenters. The predicted molar refractivity (Wildman–Crippen MR) is 54.1 cm³/mol. The Balaban J connectivity index is 5.04. The van der Waals surface area contributed by atoms with Gasteiger partial charge in [-0.3, -0.25) is 9.36 Å². The van der Waals surface area contributed by atoms with Gasteiger partial charge in [0.1, 0.15) is 0 Å². The molecule has 8 heteroatoms. The van der Waals surface area contributed by atoms with E-state index in [0.29, 0.717) is 0 Å². The number of hydrogen-bond donors (Lipinski definition) is 2. The van der Waals surface area contributed by atoms with E-state index in [1.54, 1.807) is 13.8 Å². The third-order valence-corrected chi connectivity index (χ3v) is 3.39. The minimum atomic E-state index is -3.81. The highest BCUT2D eigenvalue weighted by molar-refractivity contribution is 7.75. The highest BCUT2D eigenvalue weighted by atomic mass is 31.2. The summed E-state index contributed by atoms with van der Waals surface area (Å²) in [4.78, 5) is 11.2. The molecule has 0 atom stereocenters. The molecular formula is C7H15N2O5P. The first kappa shape index (κ1) is 14.1. The zero-order valence-electron chi connectivity index (χ0n) is 8.89. The van der Waals surface area contributed by atoms with E-state index in [2.05, 4.69) is 10.5 Å². The van der Waals surface area contributed by atoms with Crippen molar-refractivity contribution in [3.63, 3.8) is 0 Å². The molecule has 7 nitrogen and oxygen atoms in total. The van der Waals surface area contributed by atoms with E-state index in [0.717, 1.165) is 0 Å². The molecule has 1 amide bonds. The van der Waals surface area contributed by atoms with Gasteiger partial charge in [-0.1, -0.05) is 5.16 Å². The van der Waals surface area contributed by atoms with Crippen LogP contribution in [0.1, 0.15) is 13.8 Å². The molecule has 0 aliphatic rings. The summed E-state index contributed by atoms with van der Waals surface area (Å²) in [6.45, 7) is 3.33. The van der Waals surface area contributed by atoms with Gasteiger partial charge in [0.15, 0.2) is 0 Å². The van der Waals surface area contributed by atoms with E-state index in [1.807, 2.05) is 0 Å². The monoisotopic (exact) mass is 238 g/mol. The smallest absolute Gasteiger partial charge is 0.388 e. The molecule has 2 N–H and O–H groups in total. The van der Waals surface area contributed by atoms with Crippen molar-refractivity contribution < 1.29 is 23.6 Å². The lowest BCUT2D eigenvalue weighted by Crippen LogP contribution is -2.29. The average molecular weight is 238 g/mol. The van der Waals surface area contributed by atoms with Gasteiger partial charge in [0.2, 0.25) is 0 Å². The fourth-order valence-electron chi connectivity index (χ4n) is 0.836. The number of oxime groups is 1. The van der Waals surface area contributed by atoms with Crippen LogP contribution in [-0.2, 0) is 18.4 Å². The van der Waals surface area contributed by atoms with Crippen molar-refractivity contribution in [2.45, 2.75) is 13.8 Å². The lowest BCUT2D eigenvalue weighted by Gasteiger charge is -2.16. The maximum Gasteiger partial charge on any atom is 0.388 e. The number of rotatable bonds is 6. The summed E-state index contributed by atoms with van der Waals surface area (Å²) in [7, 11) is -2.50. The Labute approximate surface area is 88.0 Å². The van der Waals surface area contributed by atoms with Crippen molar-refractivity contribution >= 4 is 19.0 Å². The van der Waals surface area contributed by atoms with Crippen LogP contribution in [0.2, 0.25) is 0 Å². The molecule has 0 saturated heterocycles. The Bertz CT molecular complexity index is 281. The summed E-state index contributed by atoms with van der Waals surface area (Å²) in [6, 6.07) is 0. The van der Waals surface area contributed by atoms with E-state index in [9.17, 15) is 9.36 Å². The van der Waals surface area contributed by atoms with Crippen LogP contribution in [0.15, 0.2) is 5.16 Å². The fraction of sp³-hybridized carbons (Fsp3) is 0.714. The number of amides is 1. The van der Waals surface area contributed by atoms with Gasteiger partial charge in [0.05, 0.1) is 13.2 Å². The molecule has 0 bridgehead atoms. The number of nitrogens with one attached hydrogen (secondary N) is 1. The van der Waals surface area contributed by atoms with Gasteiger partial charge in [-0.05, 0) is 13.8 Å². The molecular weight excluding hydrogens is 223 g/mol. The first-order chi connectivity index (χ1) is 7.05. The Hall–Kier alpha value is -0.910. The van der Waals surface area contributed by atoms with Crippen molar-refractivity contribution in [3.8, 4) is 0 Å². The highest BCUT2D eigenvalue weighted by Gasteiger charge is 2.37. The summed E-state index contributed by atoms with van der Waals surface area (Å²) < 4.78 is 21.6. The quantitative estimate of drug-likeness (QED) is 0.308. The molecule has 88 valence electrons. The number of carbonyl (C=O) groups excluding carboxylic acids is 1. The van der Waals surface area contributed by atoms with Crippen LogP contribution in [0.5, 0.6) is 0 Å². The zero-order valence-corrected chi connectivity index (χ0v) is 9.78. The molecule has 0 fully saturated rings.